The predicted octanol–water partition coefficient (Wildman–Crippen LogP) is 3.19. The molecular weight excluding hydrogens is 313 g/mol. The Kier molecular flexibility index (Phi) is 3.59. The van der Waals surface area contributed by atoms with Crippen LogP contribution in [0.15, 0.2) is 28.9 Å². The number of amides is 1. The Morgan fingerprint density at radius 3 is 3.04 bits per heavy atom. The molecule has 1 aromatic heterocycles. The summed E-state index contributed by atoms with van der Waals surface area (Å²) in [5.74, 6) is -0.123. The second-order valence-corrected chi connectivity index (χ2v) is 6.05. The summed E-state index contributed by atoms with van der Waals surface area (Å²) < 4.78 is 24.6. The second-order valence-electron chi connectivity index (χ2n) is 6.05. The number of benzene rings is 1. The van der Waals surface area contributed by atoms with Crippen LogP contribution in [0.2, 0.25) is 0 Å². The fourth-order valence-corrected chi connectivity index (χ4v) is 3.36. The van der Waals surface area contributed by atoms with Gasteiger partial charge >= 0.3 is 0 Å². The van der Waals surface area contributed by atoms with E-state index in [2.05, 4.69) is 5.32 Å². The van der Waals surface area contributed by atoms with Gasteiger partial charge in [0.05, 0.1) is 23.8 Å². The van der Waals surface area contributed by atoms with Gasteiger partial charge in [0.2, 0.25) is 0 Å². The Morgan fingerprint density at radius 1 is 1.29 bits per heavy atom. The molecule has 124 valence electrons. The van der Waals surface area contributed by atoms with E-state index in [0.717, 1.165) is 6.42 Å². The van der Waals surface area contributed by atoms with Crippen molar-refractivity contribution < 1.29 is 23.1 Å². The van der Waals surface area contributed by atoms with Crippen molar-refractivity contribution in [3.05, 3.63) is 52.7 Å². The monoisotopic (exact) mass is 329 g/mol. The lowest BCUT2D eigenvalue weighted by Crippen LogP contribution is -2.33. The van der Waals surface area contributed by atoms with Crippen LogP contribution in [0.25, 0.3) is 0 Å². The van der Waals surface area contributed by atoms with E-state index >= 15 is 0 Å². The molecule has 1 atom stereocenters. The standard InChI is InChI=1S/C18H16FNO4/c19-12-4-1-3-10-13(7-8-23-17(10)12)20-18(22)11-9-24-15-6-2-5-14(21)16(11)15/h1,3-4,9,13H,2,5-8H2,(H,20,22)/t13-/m0/s1. The molecule has 1 N–H and O–H groups in total. The molecule has 0 radical (unpaired) electrons. The average Bonchev–Trinajstić information content (AvgIpc) is 3.01. The molecule has 0 saturated heterocycles. The molecule has 1 aliphatic heterocycles. The van der Waals surface area contributed by atoms with E-state index in [-0.39, 0.29) is 29.0 Å². The molecule has 1 amide bonds. The fourth-order valence-electron chi connectivity index (χ4n) is 3.36. The highest BCUT2D eigenvalue weighted by atomic mass is 19.1. The maximum Gasteiger partial charge on any atom is 0.255 e. The highest BCUT2D eigenvalue weighted by molar-refractivity contribution is 6.09. The van der Waals surface area contributed by atoms with Gasteiger partial charge in [-0.1, -0.05) is 12.1 Å². The summed E-state index contributed by atoms with van der Waals surface area (Å²) in [4.78, 5) is 24.7. The van der Waals surface area contributed by atoms with Crippen molar-refractivity contribution in [2.75, 3.05) is 6.61 Å². The van der Waals surface area contributed by atoms with Crippen molar-refractivity contribution in [2.45, 2.75) is 31.7 Å². The third-order valence-electron chi connectivity index (χ3n) is 4.53. The molecule has 0 bridgehead atoms. The van der Waals surface area contributed by atoms with E-state index in [0.29, 0.717) is 42.8 Å². The van der Waals surface area contributed by atoms with Crippen LogP contribution in [0.5, 0.6) is 5.75 Å². The summed E-state index contributed by atoms with van der Waals surface area (Å²) in [5, 5.41) is 2.88. The van der Waals surface area contributed by atoms with E-state index < -0.39 is 5.82 Å². The maximum absolute atomic E-state index is 13.8. The maximum atomic E-state index is 13.8. The molecule has 2 heterocycles. The van der Waals surface area contributed by atoms with Crippen molar-refractivity contribution in [3.63, 3.8) is 0 Å². The molecule has 2 aliphatic rings. The van der Waals surface area contributed by atoms with Crippen molar-refractivity contribution in [3.8, 4) is 5.75 Å². The van der Waals surface area contributed by atoms with E-state index in [1.165, 1.54) is 12.3 Å². The Bertz CT molecular complexity index is 826. The number of carbonyl (C=O) groups is 2. The minimum Gasteiger partial charge on any atom is -0.490 e. The Hall–Kier alpha value is -2.63. The van der Waals surface area contributed by atoms with Crippen LogP contribution in [-0.4, -0.2) is 18.3 Å². The van der Waals surface area contributed by atoms with Crippen LogP contribution in [0.4, 0.5) is 4.39 Å². The molecule has 1 aromatic carbocycles. The lowest BCUT2D eigenvalue weighted by Gasteiger charge is -2.27. The van der Waals surface area contributed by atoms with Gasteiger partial charge < -0.3 is 14.5 Å². The topological polar surface area (TPSA) is 68.5 Å². The number of nitrogens with one attached hydrogen (secondary N) is 1. The number of aryl methyl sites for hydroxylation is 1. The first kappa shape index (κ1) is 14.9. The minimum atomic E-state index is -0.442. The summed E-state index contributed by atoms with van der Waals surface area (Å²) in [6.45, 7) is 0.321. The van der Waals surface area contributed by atoms with Crippen molar-refractivity contribution in [2.24, 2.45) is 0 Å². The second kappa shape index (κ2) is 5.78. The molecule has 6 heteroatoms. The van der Waals surface area contributed by atoms with Crippen molar-refractivity contribution in [1.82, 2.24) is 5.32 Å². The minimum absolute atomic E-state index is 0.0615. The Morgan fingerprint density at radius 2 is 2.17 bits per heavy atom. The van der Waals surface area contributed by atoms with Crippen LogP contribution in [-0.2, 0) is 6.42 Å². The van der Waals surface area contributed by atoms with Gasteiger partial charge in [0, 0.05) is 24.8 Å². The molecule has 5 nitrogen and oxygen atoms in total. The van der Waals surface area contributed by atoms with E-state index in [1.807, 2.05) is 0 Å². The number of ether oxygens (including phenoxy) is 1. The number of rotatable bonds is 2. The zero-order chi connectivity index (χ0) is 16.7. The van der Waals surface area contributed by atoms with Gasteiger partial charge in [0.1, 0.15) is 12.0 Å². The number of halogens is 1. The average molecular weight is 329 g/mol. The fraction of sp³-hybridized carbons (Fsp3) is 0.333. The summed E-state index contributed by atoms with van der Waals surface area (Å²) in [7, 11) is 0. The molecule has 4 rings (SSSR count). The highest BCUT2D eigenvalue weighted by Gasteiger charge is 2.30. The Labute approximate surface area is 137 Å². The zero-order valence-electron chi connectivity index (χ0n) is 12.9. The molecule has 0 saturated carbocycles. The normalized spacial score (nSPS) is 19.2. The largest absolute Gasteiger partial charge is 0.490 e. The van der Waals surface area contributed by atoms with E-state index in [1.54, 1.807) is 12.1 Å². The van der Waals surface area contributed by atoms with Gasteiger partial charge in [-0.2, -0.15) is 0 Å². The van der Waals surface area contributed by atoms with Crippen LogP contribution in [0, 0.1) is 5.82 Å². The third kappa shape index (κ3) is 2.38. The summed E-state index contributed by atoms with van der Waals surface area (Å²) in [5.41, 5.74) is 1.27. The number of Topliss-reactive ketones (excluding diaryl/α,β-unsaturated/α-hetero) is 1. The first-order valence-corrected chi connectivity index (χ1v) is 8.01. The molecule has 0 fully saturated rings. The molecule has 0 unspecified atom stereocenters. The van der Waals surface area contributed by atoms with Crippen LogP contribution >= 0.6 is 0 Å². The summed E-state index contributed by atoms with van der Waals surface area (Å²) >= 11 is 0. The van der Waals surface area contributed by atoms with Gasteiger partial charge in [-0.15, -0.1) is 0 Å². The number of hydrogen-bond donors (Lipinski definition) is 1. The number of furan rings is 1. The van der Waals surface area contributed by atoms with Crippen LogP contribution in [0.3, 0.4) is 0 Å². The molecule has 24 heavy (non-hydrogen) atoms. The SMILES string of the molecule is O=C(N[C@H]1CCOc2c(F)cccc21)c1coc2c1C(=O)CCC2. The third-order valence-corrected chi connectivity index (χ3v) is 4.53. The lowest BCUT2D eigenvalue weighted by molar-refractivity contribution is 0.0906. The van der Waals surface area contributed by atoms with E-state index in [4.69, 9.17) is 9.15 Å². The first-order valence-electron chi connectivity index (χ1n) is 8.01. The zero-order valence-corrected chi connectivity index (χ0v) is 12.9. The van der Waals surface area contributed by atoms with E-state index in [9.17, 15) is 14.0 Å². The van der Waals surface area contributed by atoms with Gasteiger partial charge in [0.25, 0.3) is 5.91 Å². The van der Waals surface area contributed by atoms with Crippen molar-refractivity contribution in [1.29, 1.82) is 0 Å². The lowest BCUT2D eigenvalue weighted by atomic mass is 9.93. The van der Waals surface area contributed by atoms with Gasteiger partial charge in [0.15, 0.2) is 17.3 Å². The van der Waals surface area contributed by atoms with Gasteiger partial charge in [-0.05, 0) is 12.5 Å². The highest BCUT2D eigenvalue weighted by Crippen LogP contribution is 2.34. The summed E-state index contributed by atoms with van der Waals surface area (Å²) in [6, 6.07) is 4.29. The number of hydrogen-bond acceptors (Lipinski definition) is 4. The van der Waals surface area contributed by atoms with Gasteiger partial charge in [-0.3, -0.25) is 9.59 Å². The Balaban J connectivity index is 1.62. The number of para-hydroxylation sites is 1. The molecular formula is C18H16FNO4. The number of fused-ring (bicyclic) bond motifs is 2. The van der Waals surface area contributed by atoms with Crippen molar-refractivity contribution >= 4 is 11.7 Å². The first-order chi connectivity index (χ1) is 11.6. The van der Waals surface area contributed by atoms with Crippen LogP contribution in [0.1, 0.15) is 57.3 Å². The predicted molar refractivity (Wildman–Crippen MR) is 82.7 cm³/mol. The summed E-state index contributed by atoms with van der Waals surface area (Å²) in [6.07, 6.45) is 3.72. The molecule has 2 aromatic rings. The smallest absolute Gasteiger partial charge is 0.255 e. The quantitative estimate of drug-likeness (QED) is 0.919. The molecule has 0 spiro atoms. The number of carbonyl (C=O) groups excluding carboxylic acids is 2. The number of ketones is 1. The molecule has 1 aliphatic carbocycles. The van der Waals surface area contributed by atoms with Gasteiger partial charge in [-0.25, -0.2) is 4.39 Å². The van der Waals surface area contributed by atoms with Crippen LogP contribution < -0.4 is 10.1 Å².